The number of aliphatic hydroxyl groups is 1. The Balaban J connectivity index is 2.57. The van der Waals surface area contributed by atoms with Crippen LogP contribution < -0.4 is 9.47 Å². The Morgan fingerprint density at radius 3 is 2.75 bits per heavy atom. The molecule has 0 fully saturated rings. The van der Waals surface area contributed by atoms with Crippen molar-refractivity contribution < 1.29 is 14.6 Å². The van der Waals surface area contributed by atoms with E-state index in [2.05, 4.69) is 6.92 Å². The van der Waals surface area contributed by atoms with Gasteiger partial charge in [-0.25, -0.2) is 0 Å². The number of hydrogen-bond acceptors (Lipinski definition) is 4. The lowest BCUT2D eigenvalue weighted by atomic mass is 10.2. The number of ether oxygens (including phenoxy) is 2. The number of benzene rings is 1. The monoisotopic (exact) mass is 242 g/mol. The Morgan fingerprint density at radius 1 is 1.31 bits per heavy atom. The van der Waals surface area contributed by atoms with Crippen LogP contribution in [0.5, 0.6) is 11.5 Å². The van der Waals surface area contributed by atoms with Crippen molar-refractivity contribution in [3.8, 4) is 11.5 Å². The minimum atomic E-state index is 0.0162. The molecule has 0 atom stereocenters. The third kappa shape index (κ3) is 3.94. The number of thioether (sulfide) groups is 1. The fourth-order valence-corrected chi connectivity index (χ4v) is 1.77. The van der Waals surface area contributed by atoms with Crippen LogP contribution in [0.15, 0.2) is 18.2 Å². The average molecular weight is 242 g/mol. The molecule has 3 nitrogen and oxygen atoms in total. The maximum Gasteiger partial charge on any atom is 0.161 e. The van der Waals surface area contributed by atoms with Crippen LogP contribution >= 0.6 is 11.8 Å². The molecule has 0 saturated heterocycles. The van der Waals surface area contributed by atoms with E-state index in [-0.39, 0.29) is 6.61 Å². The molecule has 0 aliphatic rings. The summed E-state index contributed by atoms with van der Waals surface area (Å²) >= 11 is 1.84. The zero-order chi connectivity index (χ0) is 11.8. The Kier molecular flexibility index (Phi) is 6.11. The second kappa shape index (κ2) is 7.41. The highest BCUT2D eigenvalue weighted by atomic mass is 32.2. The molecule has 0 heterocycles. The first-order valence-electron chi connectivity index (χ1n) is 5.30. The van der Waals surface area contributed by atoms with Gasteiger partial charge in [-0.1, -0.05) is 13.0 Å². The van der Waals surface area contributed by atoms with E-state index in [0.717, 1.165) is 22.8 Å². The molecule has 0 radical (unpaired) electrons. The van der Waals surface area contributed by atoms with Gasteiger partial charge in [0.1, 0.15) is 0 Å². The molecule has 0 saturated carbocycles. The van der Waals surface area contributed by atoms with E-state index in [1.54, 1.807) is 13.2 Å². The first-order chi connectivity index (χ1) is 7.81. The van der Waals surface area contributed by atoms with Gasteiger partial charge in [-0.05, 0) is 23.4 Å². The fraction of sp³-hybridized carbons (Fsp3) is 0.500. The number of methoxy groups -OCH3 is 1. The Bertz CT molecular complexity index is 315. The van der Waals surface area contributed by atoms with Gasteiger partial charge in [0, 0.05) is 5.75 Å². The summed E-state index contributed by atoms with van der Waals surface area (Å²) in [6.07, 6.45) is 0. The average Bonchev–Trinajstić information content (AvgIpc) is 2.34. The molecule has 4 heteroatoms. The first-order valence-corrected chi connectivity index (χ1v) is 6.45. The molecular weight excluding hydrogens is 224 g/mol. The third-order valence-electron chi connectivity index (χ3n) is 2.10. The van der Waals surface area contributed by atoms with Gasteiger partial charge in [-0.15, -0.1) is 0 Å². The minimum absolute atomic E-state index is 0.0162. The molecule has 0 spiro atoms. The zero-order valence-electron chi connectivity index (χ0n) is 9.73. The Labute approximate surface area is 101 Å². The Hall–Kier alpha value is -0.870. The molecule has 0 amide bonds. The Morgan fingerprint density at radius 2 is 2.12 bits per heavy atom. The van der Waals surface area contributed by atoms with E-state index in [4.69, 9.17) is 14.6 Å². The summed E-state index contributed by atoms with van der Waals surface area (Å²) in [6.45, 7) is 2.82. The van der Waals surface area contributed by atoms with Crippen molar-refractivity contribution in [3.63, 3.8) is 0 Å². The molecule has 1 aromatic carbocycles. The molecule has 1 aromatic rings. The molecule has 0 unspecified atom stereocenters. The maximum absolute atomic E-state index is 8.99. The van der Waals surface area contributed by atoms with E-state index in [1.807, 2.05) is 23.9 Å². The molecule has 0 bridgehead atoms. The van der Waals surface area contributed by atoms with Crippen LogP contribution in [0.4, 0.5) is 0 Å². The van der Waals surface area contributed by atoms with Crippen molar-refractivity contribution in [1.82, 2.24) is 0 Å². The van der Waals surface area contributed by atoms with Gasteiger partial charge in [0.15, 0.2) is 11.5 Å². The zero-order valence-corrected chi connectivity index (χ0v) is 10.5. The van der Waals surface area contributed by atoms with Gasteiger partial charge >= 0.3 is 0 Å². The van der Waals surface area contributed by atoms with Crippen molar-refractivity contribution in [2.75, 3.05) is 25.2 Å². The van der Waals surface area contributed by atoms with Crippen LogP contribution in [0.1, 0.15) is 12.5 Å². The highest BCUT2D eigenvalue weighted by Crippen LogP contribution is 2.28. The van der Waals surface area contributed by atoms with Gasteiger partial charge < -0.3 is 14.6 Å². The predicted octanol–water partition coefficient (Wildman–Crippen LogP) is 2.32. The van der Waals surface area contributed by atoms with E-state index >= 15 is 0 Å². The largest absolute Gasteiger partial charge is 0.493 e. The van der Waals surface area contributed by atoms with Crippen LogP contribution in [0.25, 0.3) is 0 Å². The van der Waals surface area contributed by atoms with E-state index in [9.17, 15) is 0 Å². The molecule has 1 rings (SSSR count). The summed E-state index contributed by atoms with van der Waals surface area (Å²) in [6, 6.07) is 5.47. The van der Waals surface area contributed by atoms with Crippen LogP contribution in [0, 0.1) is 0 Å². The fourth-order valence-electron chi connectivity index (χ4n) is 1.28. The summed E-state index contributed by atoms with van der Waals surface area (Å²) in [4.78, 5) is 0. The van der Waals surface area contributed by atoms with Gasteiger partial charge in [0.05, 0.1) is 20.3 Å². The molecule has 0 aliphatic heterocycles. The topological polar surface area (TPSA) is 38.7 Å². The van der Waals surface area contributed by atoms with E-state index < -0.39 is 0 Å². The van der Waals surface area contributed by atoms with E-state index in [0.29, 0.717) is 12.4 Å². The molecule has 90 valence electrons. The van der Waals surface area contributed by atoms with Crippen LogP contribution in [-0.4, -0.2) is 30.3 Å². The van der Waals surface area contributed by atoms with Crippen LogP contribution in [-0.2, 0) is 6.61 Å². The predicted molar refractivity (Wildman–Crippen MR) is 67.4 cm³/mol. The van der Waals surface area contributed by atoms with Gasteiger partial charge in [-0.2, -0.15) is 11.8 Å². The summed E-state index contributed by atoms with van der Waals surface area (Å²) in [7, 11) is 1.60. The minimum Gasteiger partial charge on any atom is -0.493 e. The smallest absolute Gasteiger partial charge is 0.161 e. The van der Waals surface area contributed by atoms with Gasteiger partial charge in [0.25, 0.3) is 0 Å². The lowest BCUT2D eigenvalue weighted by Crippen LogP contribution is -2.02. The summed E-state index contributed by atoms with van der Waals surface area (Å²) < 4.78 is 10.8. The number of hydrogen-bond donors (Lipinski definition) is 1. The highest BCUT2D eigenvalue weighted by Gasteiger charge is 2.04. The van der Waals surface area contributed by atoms with Gasteiger partial charge in [-0.3, -0.25) is 0 Å². The van der Waals surface area contributed by atoms with Crippen molar-refractivity contribution in [2.24, 2.45) is 0 Å². The third-order valence-corrected chi connectivity index (χ3v) is 2.96. The maximum atomic E-state index is 8.99. The van der Waals surface area contributed by atoms with Gasteiger partial charge in [0.2, 0.25) is 0 Å². The SMILES string of the molecule is CCSCCOc1ccc(CO)cc1OC. The van der Waals surface area contributed by atoms with E-state index in [1.165, 1.54) is 0 Å². The number of aliphatic hydroxyl groups excluding tert-OH is 1. The quantitative estimate of drug-likeness (QED) is 0.745. The second-order valence-corrected chi connectivity index (χ2v) is 4.58. The first kappa shape index (κ1) is 13.2. The standard InChI is InChI=1S/C12H18O3S/c1-3-16-7-6-15-11-5-4-10(9-13)8-12(11)14-2/h4-5,8,13H,3,6-7,9H2,1-2H3. The molecule has 1 N–H and O–H groups in total. The lowest BCUT2D eigenvalue weighted by Gasteiger charge is -2.11. The second-order valence-electron chi connectivity index (χ2n) is 3.19. The summed E-state index contributed by atoms with van der Waals surface area (Å²) in [5.74, 6) is 3.48. The van der Waals surface area contributed by atoms with Crippen LogP contribution in [0.2, 0.25) is 0 Å². The molecule has 0 aliphatic carbocycles. The highest BCUT2D eigenvalue weighted by molar-refractivity contribution is 7.99. The van der Waals surface area contributed by atoms with Crippen LogP contribution in [0.3, 0.4) is 0 Å². The van der Waals surface area contributed by atoms with Crippen molar-refractivity contribution in [3.05, 3.63) is 23.8 Å². The molecular formula is C12H18O3S. The lowest BCUT2D eigenvalue weighted by molar-refractivity contribution is 0.279. The molecule has 0 aromatic heterocycles. The summed E-state index contributed by atoms with van der Waals surface area (Å²) in [5, 5.41) is 8.99. The van der Waals surface area contributed by atoms with Crippen molar-refractivity contribution >= 4 is 11.8 Å². The molecule has 16 heavy (non-hydrogen) atoms. The normalized spacial score (nSPS) is 10.2. The van der Waals surface area contributed by atoms with Crippen molar-refractivity contribution in [1.29, 1.82) is 0 Å². The van der Waals surface area contributed by atoms with Crippen molar-refractivity contribution in [2.45, 2.75) is 13.5 Å². The number of rotatable bonds is 7. The summed E-state index contributed by atoms with van der Waals surface area (Å²) in [5.41, 5.74) is 0.826.